The van der Waals surface area contributed by atoms with E-state index >= 15 is 0 Å². The summed E-state index contributed by atoms with van der Waals surface area (Å²) in [6.07, 6.45) is 5.98. The van der Waals surface area contributed by atoms with Crippen molar-refractivity contribution in [1.82, 2.24) is 0 Å². The van der Waals surface area contributed by atoms with E-state index in [9.17, 15) is 0 Å². The van der Waals surface area contributed by atoms with Crippen LogP contribution in [0.4, 0.5) is 0 Å². The Morgan fingerprint density at radius 3 is 1.88 bits per heavy atom. The number of fused-ring (bicyclic) bond motifs is 1. The zero-order valence-corrected chi connectivity index (χ0v) is 6.52. The van der Waals surface area contributed by atoms with E-state index in [2.05, 4.69) is 15.9 Å². The van der Waals surface area contributed by atoms with Crippen molar-refractivity contribution in [2.45, 2.75) is 30.5 Å². The van der Waals surface area contributed by atoms with E-state index in [1.807, 2.05) is 0 Å². The molecule has 2 aliphatic carbocycles. The molecular formula is C7H11Br. The summed E-state index contributed by atoms with van der Waals surface area (Å²) in [4.78, 5) is 0.921. The number of rotatable bonds is 0. The highest BCUT2D eigenvalue weighted by molar-refractivity contribution is 9.09. The minimum Gasteiger partial charge on any atom is -0.0884 e. The summed E-state index contributed by atoms with van der Waals surface area (Å²) in [6.45, 7) is 0. The van der Waals surface area contributed by atoms with Crippen molar-refractivity contribution in [3.63, 3.8) is 0 Å². The summed E-state index contributed by atoms with van der Waals surface area (Å²) >= 11 is 3.68. The predicted molar refractivity (Wildman–Crippen MR) is 38.2 cm³/mol. The average molecular weight is 175 g/mol. The Morgan fingerprint density at radius 1 is 1.00 bits per heavy atom. The molecule has 8 heavy (non-hydrogen) atoms. The van der Waals surface area contributed by atoms with Crippen molar-refractivity contribution in [3.05, 3.63) is 0 Å². The highest BCUT2D eigenvalue weighted by Gasteiger charge is 2.48. The summed E-state index contributed by atoms with van der Waals surface area (Å²) in [7, 11) is 0. The molecule has 2 atom stereocenters. The first-order valence-corrected chi connectivity index (χ1v) is 4.45. The zero-order chi connectivity index (χ0) is 5.56. The van der Waals surface area contributed by atoms with Gasteiger partial charge in [0.15, 0.2) is 0 Å². The molecule has 0 aromatic carbocycles. The SMILES string of the molecule is BrC1C2CCCCC12. The van der Waals surface area contributed by atoms with Gasteiger partial charge in [-0.25, -0.2) is 0 Å². The molecule has 0 heterocycles. The van der Waals surface area contributed by atoms with Gasteiger partial charge in [-0.1, -0.05) is 28.8 Å². The first-order valence-electron chi connectivity index (χ1n) is 3.53. The van der Waals surface area contributed by atoms with Crippen molar-refractivity contribution >= 4 is 15.9 Å². The van der Waals surface area contributed by atoms with Gasteiger partial charge in [-0.05, 0) is 24.7 Å². The molecule has 0 radical (unpaired) electrons. The Hall–Kier alpha value is 0.480. The molecule has 0 N–H and O–H groups in total. The summed E-state index contributed by atoms with van der Waals surface area (Å²) in [5.74, 6) is 2.17. The fourth-order valence-electron chi connectivity index (χ4n) is 1.90. The van der Waals surface area contributed by atoms with Gasteiger partial charge < -0.3 is 0 Å². The lowest BCUT2D eigenvalue weighted by molar-refractivity contribution is 0.480. The van der Waals surface area contributed by atoms with E-state index in [1.165, 1.54) is 25.7 Å². The van der Waals surface area contributed by atoms with Crippen LogP contribution in [0, 0.1) is 11.8 Å². The molecule has 0 amide bonds. The van der Waals surface area contributed by atoms with Gasteiger partial charge in [0.25, 0.3) is 0 Å². The van der Waals surface area contributed by atoms with Gasteiger partial charge in [0.05, 0.1) is 0 Å². The second-order valence-electron chi connectivity index (χ2n) is 3.06. The van der Waals surface area contributed by atoms with E-state index in [0.717, 1.165) is 16.7 Å². The zero-order valence-electron chi connectivity index (χ0n) is 4.94. The summed E-state index contributed by atoms with van der Waals surface area (Å²) in [5, 5.41) is 0. The lowest BCUT2D eigenvalue weighted by atomic mass is 10.0. The molecule has 0 aromatic heterocycles. The average Bonchev–Trinajstić information content (AvgIpc) is 2.46. The molecule has 2 saturated carbocycles. The van der Waals surface area contributed by atoms with E-state index in [-0.39, 0.29) is 0 Å². The summed E-state index contributed by atoms with van der Waals surface area (Å²) in [5.41, 5.74) is 0. The van der Waals surface area contributed by atoms with Crippen molar-refractivity contribution in [1.29, 1.82) is 0 Å². The monoisotopic (exact) mass is 174 g/mol. The van der Waals surface area contributed by atoms with Crippen LogP contribution in [-0.2, 0) is 0 Å². The summed E-state index contributed by atoms with van der Waals surface area (Å²) in [6, 6.07) is 0. The molecule has 0 saturated heterocycles. The summed E-state index contributed by atoms with van der Waals surface area (Å²) < 4.78 is 0. The van der Waals surface area contributed by atoms with Crippen LogP contribution in [0.15, 0.2) is 0 Å². The van der Waals surface area contributed by atoms with Crippen LogP contribution in [0.25, 0.3) is 0 Å². The Bertz CT molecular complexity index is 88.6. The topological polar surface area (TPSA) is 0 Å². The van der Waals surface area contributed by atoms with E-state index in [1.54, 1.807) is 0 Å². The predicted octanol–water partition coefficient (Wildman–Crippen LogP) is 2.57. The first-order chi connectivity index (χ1) is 3.89. The van der Waals surface area contributed by atoms with Gasteiger partial charge in [0.2, 0.25) is 0 Å². The van der Waals surface area contributed by atoms with Crippen LogP contribution in [0.2, 0.25) is 0 Å². The normalized spacial score (nSPS) is 52.9. The van der Waals surface area contributed by atoms with Crippen LogP contribution < -0.4 is 0 Å². The molecule has 0 aliphatic heterocycles. The molecule has 0 spiro atoms. The maximum Gasteiger partial charge on any atom is 0.0208 e. The lowest BCUT2D eigenvalue weighted by Gasteiger charge is -2.04. The fourth-order valence-corrected chi connectivity index (χ4v) is 3.04. The Morgan fingerprint density at radius 2 is 1.50 bits per heavy atom. The third-order valence-electron chi connectivity index (χ3n) is 2.55. The lowest BCUT2D eigenvalue weighted by Crippen LogP contribution is -1.91. The van der Waals surface area contributed by atoms with Gasteiger partial charge >= 0.3 is 0 Å². The maximum atomic E-state index is 3.68. The van der Waals surface area contributed by atoms with Crippen molar-refractivity contribution in [3.8, 4) is 0 Å². The second-order valence-corrected chi connectivity index (χ2v) is 4.11. The van der Waals surface area contributed by atoms with E-state index in [0.29, 0.717) is 0 Å². The number of hydrogen-bond donors (Lipinski definition) is 0. The van der Waals surface area contributed by atoms with Crippen LogP contribution in [-0.4, -0.2) is 4.83 Å². The third kappa shape index (κ3) is 0.637. The number of halogens is 1. The standard InChI is InChI=1S/C7H11Br/c8-7-5-3-1-2-4-6(5)7/h5-7H,1-4H2. The molecule has 0 nitrogen and oxygen atoms in total. The molecule has 1 heteroatoms. The molecule has 2 fully saturated rings. The van der Waals surface area contributed by atoms with Crippen LogP contribution in [0.5, 0.6) is 0 Å². The number of hydrogen-bond acceptors (Lipinski definition) is 0. The molecule has 2 aliphatic rings. The minimum absolute atomic E-state index is 0.921. The maximum absolute atomic E-state index is 3.68. The molecular weight excluding hydrogens is 164 g/mol. The van der Waals surface area contributed by atoms with Crippen LogP contribution in [0.3, 0.4) is 0 Å². The van der Waals surface area contributed by atoms with Crippen LogP contribution >= 0.6 is 15.9 Å². The Labute approximate surface area is 58.8 Å². The van der Waals surface area contributed by atoms with Crippen LogP contribution in [0.1, 0.15) is 25.7 Å². The number of alkyl halides is 1. The van der Waals surface area contributed by atoms with Gasteiger partial charge in [-0.15, -0.1) is 0 Å². The van der Waals surface area contributed by atoms with Crippen molar-refractivity contribution < 1.29 is 0 Å². The molecule has 0 aromatic rings. The fraction of sp³-hybridized carbons (Fsp3) is 1.00. The van der Waals surface area contributed by atoms with Crippen molar-refractivity contribution in [2.75, 3.05) is 0 Å². The van der Waals surface area contributed by atoms with E-state index in [4.69, 9.17) is 0 Å². The van der Waals surface area contributed by atoms with Gasteiger partial charge in [0.1, 0.15) is 0 Å². The Kier molecular flexibility index (Phi) is 1.14. The first kappa shape index (κ1) is 5.28. The van der Waals surface area contributed by atoms with E-state index < -0.39 is 0 Å². The van der Waals surface area contributed by atoms with Gasteiger partial charge in [0, 0.05) is 4.83 Å². The molecule has 46 valence electrons. The molecule has 2 unspecified atom stereocenters. The highest BCUT2D eigenvalue weighted by atomic mass is 79.9. The minimum atomic E-state index is 0.921. The third-order valence-corrected chi connectivity index (χ3v) is 3.91. The second kappa shape index (κ2) is 1.73. The van der Waals surface area contributed by atoms with Crippen molar-refractivity contribution in [2.24, 2.45) is 11.8 Å². The molecule has 2 rings (SSSR count). The molecule has 0 bridgehead atoms. The van der Waals surface area contributed by atoms with Gasteiger partial charge in [-0.3, -0.25) is 0 Å². The smallest absolute Gasteiger partial charge is 0.0208 e. The highest BCUT2D eigenvalue weighted by Crippen LogP contribution is 2.54. The largest absolute Gasteiger partial charge is 0.0884 e. The Balaban J connectivity index is 1.97. The van der Waals surface area contributed by atoms with Gasteiger partial charge in [-0.2, -0.15) is 0 Å². The quantitative estimate of drug-likeness (QED) is 0.496.